The molecule has 0 fully saturated rings. The second kappa shape index (κ2) is 12.3. The molecule has 0 aliphatic heterocycles. The maximum absolute atomic E-state index is 13.4. The van der Waals surface area contributed by atoms with Crippen LogP contribution in [0.15, 0.2) is 48.5 Å². The number of benzene rings is 2. The number of halogens is 2. The SMILES string of the molecule is CCCCNC(=O)[C@H](C)N(Cc1ccccc1)C(=O)CN(c1cc(Cl)cc(Cl)c1)S(C)(=O)=O. The maximum Gasteiger partial charge on any atom is 0.244 e. The number of amides is 2. The summed E-state index contributed by atoms with van der Waals surface area (Å²) < 4.78 is 26.0. The molecule has 33 heavy (non-hydrogen) atoms. The molecular weight excluding hydrogens is 485 g/mol. The average molecular weight is 514 g/mol. The summed E-state index contributed by atoms with van der Waals surface area (Å²) in [5, 5.41) is 3.31. The molecule has 0 radical (unpaired) electrons. The van der Waals surface area contributed by atoms with E-state index in [9.17, 15) is 18.0 Å². The summed E-state index contributed by atoms with van der Waals surface area (Å²) in [5.41, 5.74) is 0.985. The molecule has 0 spiro atoms. The van der Waals surface area contributed by atoms with Gasteiger partial charge in [-0.3, -0.25) is 13.9 Å². The van der Waals surface area contributed by atoms with Crippen molar-refractivity contribution in [2.45, 2.75) is 39.3 Å². The first-order valence-electron chi connectivity index (χ1n) is 10.6. The lowest BCUT2D eigenvalue weighted by Crippen LogP contribution is -2.51. The van der Waals surface area contributed by atoms with Crippen LogP contribution in [0.1, 0.15) is 32.3 Å². The van der Waals surface area contributed by atoms with Crippen LogP contribution in [0.25, 0.3) is 0 Å². The van der Waals surface area contributed by atoms with Crippen molar-refractivity contribution in [1.82, 2.24) is 10.2 Å². The molecule has 0 aliphatic carbocycles. The molecule has 2 aromatic rings. The Morgan fingerprint density at radius 3 is 2.21 bits per heavy atom. The molecule has 0 aliphatic rings. The van der Waals surface area contributed by atoms with E-state index < -0.39 is 28.5 Å². The first-order valence-corrected chi connectivity index (χ1v) is 13.2. The van der Waals surface area contributed by atoms with Gasteiger partial charge in [-0.2, -0.15) is 0 Å². The summed E-state index contributed by atoms with van der Waals surface area (Å²) in [5.74, 6) is -0.831. The number of nitrogens with zero attached hydrogens (tertiary/aromatic N) is 2. The number of hydrogen-bond donors (Lipinski definition) is 1. The predicted molar refractivity (Wildman–Crippen MR) is 133 cm³/mol. The molecule has 7 nitrogen and oxygen atoms in total. The van der Waals surface area contributed by atoms with E-state index >= 15 is 0 Å². The molecule has 0 aromatic heterocycles. The lowest BCUT2D eigenvalue weighted by atomic mass is 10.1. The van der Waals surface area contributed by atoms with E-state index in [1.54, 1.807) is 6.92 Å². The topological polar surface area (TPSA) is 86.8 Å². The van der Waals surface area contributed by atoms with Gasteiger partial charge in [0, 0.05) is 23.1 Å². The first-order chi connectivity index (χ1) is 15.5. The number of sulfonamides is 1. The lowest BCUT2D eigenvalue weighted by Gasteiger charge is -2.31. The monoisotopic (exact) mass is 513 g/mol. The smallest absolute Gasteiger partial charge is 0.244 e. The van der Waals surface area contributed by atoms with Crippen LogP contribution in [-0.2, 0) is 26.2 Å². The second-order valence-electron chi connectivity index (χ2n) is 7.73. The Kier molecular flexibility index (Phi) is 10.0. The highest BCUT2D eigenvalue weighted by molar-refractivity contribution is 7.92. The molecule has 1 atom stereocenters. The molecule has 2 aromatic carbocycles. The fourth-order valence-corrected chi connectivity index (χ4v) is 4.54. The number of carbonyl (C=O) groups excluding carboxylic acids is 2. The van der Waals surface area contributed by atoms with Crippen LogP contribution in [0.5, 0.6) is 0 Å². The number of unbranched alkanes of at least 4 members (excludes halogenated alkanes) is 1. The average Bonchev–Trinajstić information content (AvgIpc) is 2.74. The number of hydrogen-bond acceptors (Lipinski definition) is 4. The Labute approximate surface area is 205 Å². The molecule has 10 heteroatoms. The lowest BCUT2D eigenvalue weighted by molar-refractivity contribution is -0.139. The van der Waals surface area contributed by atoms with Crippen molar-refractivity contribution >= 4 is 50.7 Å². The summed E-state index contributed by atoms with van der Waals surface area (Å²) in [4.78, 5) is 27.5. The standard InChI is InChI=1S/C23H29Cl2N3O4S/c1-4-5-11-26-23(30)17(2)27(15-18-9-7-6-8-10-18)22(29)16-28(33(3,31)32)21-13-19(24)12-20(25)14-21/h6-10,12-14,17H,4-5,11,15-16H2,1-3H3,(H,26,30)/t17-/m0/s1. The highest BCUT2D eigenvalue weighted by Crippen LogP contribution is 2.27. The Morgan fingerprint density at radius 1 is 1.06 bits per heavy atom. The van der Waals surface area contributed by atoms with Gasteiger partial charge in [0.15, 0.2) is 0 Å². The number of rotatable bonds is 11. The van der Waals surface area contributed by atoms with Gasteiger partial charge in [0.25, 0.3) is 0 Å². The highest BCUT2D eigenvalue weighted by atomic mass is 35.5. The van der Waals surface area contributed by atoms with Crippen molar-refractivity contribution in [3.63, 3.8) is 0 Å². The minimum absolute atomic E-state index is 0.149. The summed E-state index contributed by atoms with van der Waals surface area (Å²) in [6.45, 7) is 3.79. The zero-order valence-electron chi connectivity index (χ0n) is 18.9. The molecule has 180 valence electrons. The Balaban J connectivity index is 2.35. The van der Waals surface area contributed by atoms with Gasteiger partial charge >= 0.3 is 0 Å². The van der Waals surface area contributed by atoms with Crippen LogP contribution in [0.4, 0.5) is 5.69 Å². The number of carbonyl (C=O) groups is 2. The van der Waals surface area contributed by atoms with Gasteiger partial charge in [-0.05, 0) is 37.1 Å². The van der Waals surface area contributed by atoms with Crippen molar-refractivity contribution in [2.24, 2.45) is 0 Å². The molecule has 2 rings (SSSR count). The van der Waals surface area contributed by atoms with Gasteiger partial charge in [0.05, 0.1) is 11.9 Å². The molecular formula is C23H29Cl2N3O4S. The maximum atomic E-state index is 13.4. The molecule has 0 saturated carbocycles. The van der Waals surface area contributed by atoms with E-state index in [0.29, 0.717) is 6.54 Å². The fraction of sp³-hybridized carbons (Fsp3) is 0.391. The van der Waals surface area contributed by atoms with Crippen molar-refractivity contribution in [3.05, 3.63) is 64.1 Å². The van der Waals surface area contributed by atoms with Gasteiger partial charge in [-0.1, -0.05) is 66.9 Å². The quantitative estimate of drug-likeness (QED) is 0.458. The van der Waals surface area contributed by atoms with E-state index in [1.807, 2.05) is 37.3 Å². The van der Waals surface area contributed by atoms with E-state index in [2.05, 4.69) is 5.32 Å². The van der Waals surface area contributed by atoms with E-state index in [0.717, 1.165) is 29.0 Å². The Hall–Kier alpha value is -2.29. The predicted octanol–water partition coefficient (Wildman–Crippen LogP) is 4.09. The summed E-state index contributed by atoms with van der Waals surface area (Å²) in [6.07, 6.45) is 2.74. The largest absolute Gasteiger partial charge is 0.354 e. The van der Waals surface area contributed by atoms with Gasteiger partial charge in [0.2, 0.25) is 21.8 Å². The van der Waals surface area contributed by atoms with Crippen molar-refractivity contribution < 1.29 is 18.0 Å². The molecule has 1 N–H and O–H groups in total. The van der Waals surface area contributed by atoms with Crippen LogP contribution >= 0.6 is 23.2 Å². The van der Waals surface area contributed by atoms with Crippen molar-refractivity contribution in [3.8, 4) is 0 Å². The van der Waals surface area contributed by atoms with E-state index in [4.69, 9.17) is 23.2 Å². The highest BCUT2D eigenvalue weighted by Gasteiger charge is 2.30. The number of anilines is 1. The number of nitrogens with one attached hydrogen (secondary N) is 1. The van der Waals surface area contributed by atoms with Crippen LogP contribution in [0, 0.1) is 0 Å². The Morgan fingerprint density at radius 2 is 1.67 bits per heavy atom. The van der Waals surface area contributed by atoms with Crippen LogP contribution in [-0.4, -0.2) is 50.5 Å². The van der Waals surface area contributed by atoms with Gasteiger partial charge in [-0.15, -0.1) is 0 Å². The minimum atomic E-state index is -3.85. The molecule has 0 unspecified atom stereocenters. The van der Waals surface area contributed by atoms with Crippen LogP contribution in [0.2, 0.25) is 10.0 Å². The summed E-state index contributed by atoms with van der Waals surface area (Å²) in [6, 6.07) is 12.7. The zero-order chi connectivity index (χ0) is 24.6. The first kappa shape index (κ1) is 27.0. The van der Waals surface area contributed by atoms with Crippen LogP contribution in [0.3, 0.4) is 0 Å². The molecule has 0 heterocycles. The van der Waals surface area contributed by atoms with Crippen LogP contribution < -0.4 is 9.62 Å². The third-order valence-electron chi connectivity index (χ3n) is 5.01. The molecule has 0 bridgehead atoms. The zero-order valence-corrected chi connectivity index (χ0v) is 21.3. The molecule has 0 saturated heterocycles. The van der Waals surface area contributed by atoms with E-state index in [-0.39, 0.29) is 28.2 Å². The summed E-state index contributed by atoms with van der Waals surface area (Å²) in [7, 11) is -3.85. The van der Waals surface area contributed by atoms with E-state index in [1.165, 1.54) is 23.1 Å². The van der Waals surface area contributed by atoms with Crippen molar-refractivity contribution in [1.29, 1.82) is 0 Å². The summed E-state index contributed by atoms with van der Waals surface area (Å²) >= 11 is 12.1. The normalized spacial score (nSPS) is 12.2. The van der Waals surface area contributed by atoms with Gasteiger partial charge in [-0.25, -0.2) is 8.42 Å². The van der Waals surface area contributed by atoms with Crippen molar-refractivity contribution in [2.75, 3.05) is 23.7 Å². The minimum Gasteiger partial charge on any atom is -0.354 e. The fourth-order valence-electron chi connectivity index (χ4n) is 3.20. The van der Waals surface area contributed by atoms with Gasteiger partial charge < -0.3 is 10.2 Å². The van der Waals surface area contributed by atoms with Gasteiger partial charge in [0.1, 0.15) is 12.6 Å². The Bertz CT molecular complexity index is 1040. The molecule has 2 amide bonds. The third kappa shape index (κ3) is 8.21. The third-order valence-corrected chi connectivity index (χ3v) is 6.58. The second-order valence-corrected chi connectivity index (χ2v) is 10.5.